The second-order valence-corrected chi connectivity index (χ2v) is 5.28. The third-order valence-corrected chi connectivity index (χ3v) is 3.82. The third-order valence-electron chi connectivity index (χ3n) is 2.81. The summed E-state index contributed by atoms with van der Waals surface area (Å²) in [4.78, 5) is 4.09. The van der Waals surface area contributed by atoms with Gasteiger partial charge in [0.25, 0.3) is 5.92 Å². The van der Waals surface area contributed by atoms with Crippen LogP contribution in [0.1, 0.15) is 18.4 Å². The largest absolute Gasteiger partial charge is 0.481 e. The first-order valence-corrected chi connectivity index (χ1v) is 6.38. The van der Waals surface area contributed by atoms with Gasteiger partial charge in [0, 0.05) is 40.8 Å². The molecular formula is C11H13F2IN2O. The van der Waals surface area contributed by atoms with Gasteiger partial charge >= 0.3 is 0 Å². The van der Waals surface area contributed by atoms with E-state index in [4.69, 9.17) is 4.74 Å². The van der Waals surface area contributed by atoms with Gasteiger partial charge in [0.1, 0.15) is 0 Å². The van der Waals surface area contributed by atoms with E-state index in [1.165, 1.54) is 0 Å². The van der Waals surface area contributed by atoms with Crippen molar-refractivity contribution in [1.82, 2.24) is 10.3 Å². The minimum absolute atomic E-state index is 0.0772. The number of alkyl halides is 2. The van der Waals surface area contributed by atoms with Gasteiger partial charge in [-0.05, 0) is 28.7 Å². The van der Waals surface area contributed by atoms with Crippen LogP contribution < -0.4 is 10.1 Å². The Morgan fingerprint density at radius 3 is 2.88 bits per heavy atom. The number of methoxy groups -OCH3 is 1. The summed E-state index contributed by atoms with van der Waals surface area (Å²) in [6.45, 7) is 0.510. The van der Waals surface area contributed by atoms with Crippen molar-refractivity contribution < 1.29 is 13.5 Å². The Bertz CT molecular complexity index is 406. The molecule has 0 amide bonds. The van der Waals surface area contributed by atoms with Crippen LogP contribution in [-0.2, 0) is 6.54 Å². The summed E-state index contributed by atoms with van der Waals surface area (Å²) in [5, 5.41) is 3.10. The highest BCUT2D eigenvalue weighted by Gasteiger charge is 2.44. The zero-order valence-electron chi connectivity index (χ0n) is 9.34. The van der Waals surface area contributed by atoms with Crippen LogP contribution in [0.2, 0.25) is 0 Å². The predicted molar refractivity (Wildman–Crippen MR) is 68.3 cm³/mol. The lowest BCUT2D eigenvalue weighted by molar-refractivity contribution is -0.0930. The minimum Gasteiger partial charge on any atom is -0.481 e. The van der Waals surface area contributed by atoms with Crippen molar-refractivity contribution in [3.8, 4) is 5.88 Å². The molecule has 1 N–H and O–H groups in total. The maximum Gasteiger partial charge on any atom is 0.251 e. The first kappa shape index (κ1) is 12.9. The summed E-state index contributed by atoms with van der Waals surface area (Å²) < 4.78 is 31.5. The molecule has 0 bridgehead atoms. The third kappa shape index (κ3) is 3.04. The van der Waals surface area contributed by atoms with Crippen molar-refractivity contribution in [2.24, 2.45) is 0 Å². The molecule has 3 nitrogen and oxygen atoms in total. The van der Waals surface area contributed by atoms with E-state index in [1.807, 2.05) is 6.07 Å². The highest BCUT2D eigenvalue weighted by molar-refractivity contribution is 14.1. The van der Waals surface area contributed by atoms with Crippen molar-refractivity contribution in [2.75, 3.05) is 7.11 Å². The van der Waals surface area contributed by atoms with Crippen LogP contribution in [0, 0.1) is 3.57 Å². The lowest BCUT2D eigenvalue weighted by Gasteiger charge is -2.35. The predicted octanol–water partition coefficient (Wildman–Crippen LogP) is 2.58. The second-order valence-electron chi connectivity index (χ2n) is 4.12. The van der Waals surface area contributed by atoms with Gasteiger partial charge in [-0.2, -0.15) is 0 Å². The molecule has 0 aromatic carbocycles. The SMILES string of the molecule is COc1nccc(I)c1CNC1CC(F)(F)C1. The first-order chi connectivity index (χ1) is 8.02. The number of hydrogen-bond donors (Lipinski definition) is 1. The number of halogens is 3. The molecule has 1 aliphatic carbocycles. The molecule has 0 spiro atoms. The number of rotatable bonds is 4. The highest BCUT2D eigenvalue weighted by Crippen LogP contribution is 2.37. The van der Waals surface area contributed by atoms with Crippen LogP contribution in [-0.4, -0.2) is 24.1 Å². The minimum atomic E-state index is -2.48. The van der Waals surface area contributed by atoms with Gasteiger partial charge in [-0.3, -0.25) is 0 Å². The number of hydrogen-bond acceptors (Lipinski definition) is 3. The van der Waals surface area contributed by atoms with Gasteiger partial charge in [-0.25, -0.2) is 13.8 Å². The maximum absolute atomic E-state index is 12.7. The van der Waals surface area contributed by atoms with Crippen molar-refractivity contribution in [3.05, 3.63) is 21.4 Å². The Hall–Kier alpha value is -0.500. The Labute approximate surface area is 112 Å². The molecule has 1 saturated carbocycles. The molecule has 0 radical (unpaired) electrons. The first-order valence-electron chi connectivity index (χ1n) is 5.30. The number of nitrogens with zero attached hydrogens (tertiary/aromatic N) is 1. The molecule has 0 unspecified atom stereocenters. The number of pyridine rings is 1. The highest BCUT2D eigenvalue weighted by atomic mass is 127. The molecule has 2 rings (SSSR count). The number of ether oxygens (including phenoxy) is 1. The standard InChI is InChI=1S/C11H13F2IN2O/c1-17-10-8(9(14)2-3-15-10)6-16-7-4-11(12,13)5-7/h2-3,7,16H,4-6H2,1H3. The Morgan fingerprint density at radius 2 is 2.29 bits per heavy atom. The van der Waals surface area contributed by atoms with Crippen LogP contribution in [0.4, 0.5) is 8.78 Å². The van der Waals surface area contributed by atoms with E-state index < -0.39 is 5.92 Å². The summed E-state index contributed by atoms with van der Waals surface area (Å²) >= 11 is 2.18. The summed E-state index contributed by atoms with van der Waals surface area (Å²) in [5.74, 6) is -1.93. The molecule has 0 aliphatic heterocycles. The molecule has 1 aliphatic rings. The molecular weight excluding hydrogens is 341 g/mol. The van der Waals surface area contributed by atoms with Crippen LogP contribution in [0.5, 0.6) is 5.88 Å². The lowest BCUT2D eigenvalue weighted by Crippen LogP contribution is -2.48. The van der Waals surface area contributed by atoms with Gasteiger partial charge < -0.3 is 10.1 Å². The number of aromatic nitrogens is 1. The molecule has 94 valence electrons. The quantitative estimate of drug-likeness (QED) is 0.845. The topological polar surface area (TPSA) is 34.1 Å². The monoisotopic (exact) mass is 354 g/mol. The average Bonchev–Trinajstić information content (AvgIpc) is 2.24. The maximum atomic E-state index is 12.7. The van der Waals surface area contributed by atoms with E-state index in [-0.39, 0.29) is 18.9 Å². The Balaban J connectivity index is 1.95. The van der Waals surface area contributed by atoms with Crippen LogP contribution in [0.25, 0.3) is 0 Å². The summed E-state index contributed by atoms with van der Waals surface area (Å²) in [5.41, 5.74) is 0.922. The van der Waals surface area contributed by atoms with Gasteiger partial charge in [0.15, 0.2) is 0 Å². The molecule has 1 fully saturated rings. The fraction of sp³-hybridized carbons (Fsp3) is 0.545. The van der Waals surface area contributed by atoms with Gasteiger partial charge in [-0.15, -0.1) is 0 Å². The Morgan fingerprint density at radius 1 is 1.59 bits per heavy atom. The smallest absolute Gasteiger partial charge is 0.251 e. The van der Waals surface area contributed by atoms with Gasteiger partial charge in [0.2, 0.25) is 5.88 Å². The van der Waals surface area contributed by atoms with Crippen molar-refractivity contribution in [3.63, 3.8) is 0 Å². The number of nitrogens with one attached hydrogen (secondary N) is 1. The van der Waals surface area contributed by atoms with E-state index in [1.54, 1.807) is 13.3 Å². The normalized spacial score (nSPS) is 18.8. The van der Waals surface area contributed by atoms with E-state index in [2.05, 4.69) is 32.9 Å². The van der Waals surface area contributed by atoms with Crippen molar-refractivity contribution in [1.29, 1.82) is 0 Å². The molecule has 6 heteroatoms. The fourth-order valence-electron chi connectivity index (χ4n) is 1.84. The van der Waals surface area contributed by atoms with Crippen molar-refractivity contribution >= 4 is 22.6 Å². The fourth-order valence-corrected chi connectivity index (χ4v) is 2.42. The molecule has 0 atom stereocenters. The Kier molecular flexibility index (Phi) is 3.82. The van der Waals surface area contributed by atoms with Gasteiger partial charge in [-0.1, -0.05) is 0 Å². The molecule has 17 heavy (non-hydrogen) atoms. The van der Waals surface area contributed by atoms with Gasteiger partial charge in [0.05, 0.1) is 7.11 Å². The summed E-state index contributed by atoms with van der Waals surface area (Å²) in [6.07, 6.45) is 1.51. The molecule has 1 aromatic rings. The lowest BCUT2D eigenvalue weighted by atomic mass is 9.88. The summed E-state index contributed by atoms with van der Waals surface area (Å²) in [6, 6.07) is 1.76. The zero-order valence-corrected chi connectivity index (χ0v) is 11.5. The summed E-state index contributed by atoms with van der Waals surface area (Å²) in [7, 11) is 1.55. The zero-order chi connectivity index (χ0) is 12.5. The van der Waals surface area contributed by atoms with E-state index in [0.717, 1.165) is 9.13 Å². The van der Waals surface area contributed by atoms with Crippen LogP contribution in [0.15, 0.2) is 12.3 Å². The molecule has 1 heterocycles. The molecule has 1 aromatic heterocycles. The molecule has 0 saturated heterocycles. The van der Waals surface area contributed by atoms with Crippen molar-refractivity contribution in [2.45, 2.75) is 31.4 Å². The van der Waals surface area contributed by atoms with Crippen LogP contribution >= 0.6 is 22.6 Å². The van der Waals surface area contributed by atoms with E-state index in [0.29, 0.717) is 12.4 Å². The average molecular weight is 354 g/mol. The second kappa shape index (κ2) is 5.01. The van der Waals surface area contributed by atoms with E-state index in [9.17, 15) is 8.78 Å². The van der Waals surface area contributed by atoms with E-state index >= 15 is 0 Å². The van der Waals surface area contributed by atoms with Crippen LogP contribution in [0.3, 0.4) is 0 Å².